The zero-order chi connectivity index (χ0) is 11.1. The van der Waals surface area contributed by atoms with Crippen LogP contribution < -0.4 is 0 Å². The first-order chi connectivity index (χ1) is 7.75. The lowest BCUT2D eigenvalue weighted by Crippen LogP contribution is -2.10. The highest BCUT2D eigenvalue weighted by Gasteiger charge is 2.20. The van der Waals surface area contributed by atoms with E-state index in [9.17, 15) is 4.21 Å². The van der Waals surface area contributed by atoms with Crippen LogP contribution in [0.15, 0.2) is 47.4 Å². The monoisotopic (exact) mass is 248 g/mol. The minimum absolute atomic E-state index is 0.409. The second-order valence-electron chi connectivity index (χ2n) is 3.74. The Labute approximate surface area is 101 Å². The van der Waals surface area contributed by atoms with Crippen molar-refractivity contribution in [2.24, 2.45) is 0 Å². The molecule has 16 heavy (non-hydrogen) atoms. The highest BCUT2D eigenvalue weighted by atomic mass is 35.5. The van der Waals surface area contributed by atoms with Crippen LogP contribution in [-0.4, -0.2) is 8.92 Å². The summed E-state index contributed by atoms with van der Waals surface area (Å²) in [5.41, 5.74) is 1.01. The van der Waals surface area contributed by atoms with Crippen molar-refractivity contribution in [1.82, 2.24) is 0 Å². The molecule has 2 aromatic carbocycles. The molecule has 0 radical (unpaired) electrons. The normalized spacial score (nSPS) is 23.3. The SMILES string of the molecule is O=S1c2cc3ccccc3cc2C=CC1Cl. The highest BCUT2D eigenvalue weighted by Crippen LogP contribution is 2.30. The topological polar surface area (TPSA) is 17.1 Å². The minimum atomic E-state index is -1.14. The van der Waals surface area contributed by atoms with Crippen molar-refractivity contribution < 1.29 is 4.21 Å². The molecule has 0 aromatic heterocycles. The van der Waals surface area contributed by atoms with Crippen LogP contribution in [0.4, 0.5) is 0 Å². The van der Waals surface area contributed by atoms with Gasteiger partial charge in [0.2, 0.25) is 0 Å². The van der Waals surface area contributed by atoms with Crippen molar-refractivity contribution >= 4 is 39.2 Å². The van der Waals surface area contributed by atoms with Crippen molar-refractivity contribution in [3.63, 3.8) is 0 Å². The molecule has 0 saturated carbocycles. The molecule has 3 heteroatoms. The van der Waals surface area contributed by atoms with E-state index in [4.69, 9.17) is 11.6 Å². The number of fused-ring (bicyclic) bond motifs is 2. The van der Waals surface area contributed by atoms with E-state index in [0.717, 1.165) is 21.2 Å². The molecule has 2 atom stereocenters. The van der Waals surface area contributed by atoms with E-state index in [-0.39, 0.29) is 0 Å². The molecule has 0 N–H and O–H groups in total. The predicted octanol–water partition coefficient (Wildman–Crippen LogP) is 3.54. The molecule has 2 aromatic rings. The molecule has 0 aliphatic carbocycles. The zero-order valence-corrected chi connectivity index (χ0v) is 9.96. The van der Waals surface area contributed by atoms with Crippen LogP contribution in [0.2, 0.25) is 0 Å². The van der Waals surface area contributed by atoms with Crippen LogP contribution in [0.1, 0.15) is 5.56 Å². The Hall–Kier alpha value is -1.12. The van der Waals surface area contributed by atoms with Gasteiger partial charge in [-0.25, -0.2) is 0 Å². The predicted molar refractivity (Wildman–Crippen MR) is 69.0 cm³/mol. The summed E-state index contributed by atoms with van der Waals surface area (Å²) in [6, 6.07) is 12.1. The molecule has 0 amide bonds. The number of alkyl halides is 1. The molecule has 0 fully saturated rings. The van der Waals surface area contributed by atoms with Gasteiger partial charge in [0.1, 0.15) is 4.71 Å². The van der Waals surface area contributed by atoms with Gasteiger partial charge in [-0.1, -0.05) is 36.4 Å². The summed E-state index contributed by atoms with van der Waals surface area (Å²) in [7, 11) is -1.14. The Kier molecular flexibility index (Phi) is 2.34. The van der Waals surface area contributed by atoms with Gasteiger partial charge < -0.3 is 0 Å². The van der Waals surface area contributed by atoms with Crippen LogP contribution in [0.5, 0.6) is 0 Å². The molecular formula is C13H9ClOS. The first kappa shape index (κ1) is 10.1. The van der Waals surface area contributed by atoms with Gasteiger partial charge in [-0.3, -0.25) is 4.21 Å². The molecule has 0 bridgehead atoms. The maximum atomic E-state index is 12.0. The van der Waals surface area contributed by atoms with Crippen molar-refractivity contribution in [2.45, 2.75) is 9.60 Å². The maximum absolute atomic E-state index is 12.0. The van der Waals surface area contributed by atoms with Crippen LogP contribution in [0, 0.1) is 0 Å². The summed E-state index contributed by atoms with van der Waals surface area (Å²) >= 11 is 5.96. The molecule has 0 saturated heterocycles. The number of halogens is 1. The molecule has 1 aliphatic heterocycles. The second-order valence-corrected chi connectivity index (χ2v) is 6.02. The standard InChI is InChI=1S/C13H9ClOS/c14-13-6-5-11-7-9-3-1-2-4-10(9)8-12(11)16(13)15/h1-8,13H. The van der Waals surface area contributed by atoms with Gasteiger partial charge in [-0.2, -0.15) is 0 Å². The van der Waals surface area contributed by atoms with Gasteiger partial charge in [-0.05, 0) is 28.5 Å². The van der Waals surface area contributed by atoms with Crippen LogP contribution in [-0.2, 0) is 10.8 Å². The Balaban J connectivity index is 2.33. The van der Waals surface area contributed by atoms with Gasteiger partial charge in [-0.15, -0.1) is 11.6 Å². The lowest BCUT2D eigenvalue weighted by molar-refractivity contribution is 0.683. The van der Waals surface area contributed by atoms with E-state index < -0.39 is 15.5 Å². The van der Waals surface area contributed by atoms with Gasteiger partial charge in [0.05, 0.1) is 10.8 Å². The number of hydrogen-bond donors (Lipinski definition) is 0. The van der Waals surface area contributed by atoms with Crippen LogP contribution in [0.3, 0.4) is 0 Å². The van der Waals surface area contributed by atoms with Gasteiger partial charge in [0.15, 0.2) is 0 Å². The zero-order valence-electron chi connectivity index (χ0n) is 8.39. The lowest BCUT2D eigenvalue weighted by Gasteiger charge is -2.14. The molecule has 2 unspecified atom stereocenters. The lowest BCUT2D eigenvalue weighted by atomic mass is 10.1. The summed E-state index contributed by atoms with van der Waals surface area (Å²) in [6.45, 7) is 0. The minimum Gasteiger partial charge on any atom is -0.252 e. The van der Waals surface area contributed by atoms with E-state index in [1.54, 1.807) is 6.08 Å². The summed E-state index contributed by atoms with van der Waals surface area (Å²) < 4.78 is 11.6. The Morgan fingerprint density at radius 3 is 2.56 bits per heavy atom. The third-order valence-electron chi connectivity index (χ3n) is 2.73. The van der Waals surface area contributed by atoms with E-state index in [1.807, 2.05) is 30.3 Å². The Morgan fingerprint density at radius 1 is 1.12 bits per heavy atom. The summed E-state index contributed by atoms with van der Waals surface area (Å²) in [4.78, 5) is 0.834. The van der Waals surface area contributed by atoms with Crippen molar-refractivity contribution in [1.29, 1.82) is 0 Å². The Morgan fingerprint density at radius 2 is 1.81 bits per heavy atom. The van der Waals surface area contributed by atoms with Crippen molar-refractivity contribution in [3.05, 3.63) is 48.0 Å². The van der Waals surface area contributed by atoms with E-state index in [1.165, 1.54) is 0 Å². The van der Waals surface area contributed by atoms with Crippen molar-refractivity contribution in [3.8, 4) is 0 Å². The fourth-order valence-corrected chi connectivity index (χ4v) is 3.34. The summed E-state index contributed by atoms with van der Waals surface area (Å²) in [5.74, 6) is 0. The van der Waals surface area contributed by atoms with E-state index in [0.29, 0.717) is 0 Å². The summed E-state index contributed by atoms with van der Waals surface area (Å²) in [6.07, 6.45) is 3.73. The first-order valence-corrected chi connectivity index (χ1v) is 6.66. The van der Waals surface area contributed by atoms with E-state index >= 15 is 0 Å². The van der Waals surface area contributed by atoms with Crippen molar-refractivity contribution in [2.75, 3.05) is 0 Å². The fourth-order valence-electron chi connectivity index (χ4n) is 1.91. The van der Waals surface area contributed by atoms with Gasteiger partial charge in [0.25, 0.3) is 0 Å². The fraction of sp³-hybridized carbons (Fsp3) is 0.0769. The third kappa shape index (κ3) is 1.49. The molecule has 1 aliphatic rings. The average Bonchev–Trinajstić information content (AvgIpc) is 2.32. The second kappa shape index (κ2) is 3.72. The largest absolute Gasteiger partial charge is 0.252 e. The van der Waals surface area contributed by atoms with Gasteiger partial charge in [0, 0.05) is 4.90 Å². The number of rotatable bonds is 0. The molecule has 80 valence electrons. The number of hydrogen-bond acceptors (Lipinski definition) is 1. The molecular weight excluding hydrogens is 240 g/mol. The highest BCUT2D eigenvalue weighted by molar-refractivity contribution is 7.87. The molecule has 3 rings (SSSR count). The van der Waals surface area contributed by atoms with Crippen LogP contribution in [0.25, 0.3) is 16.8 Å². The Bertz CT molecular complexity index is 618. The smallest absolute Gasteiger partial charge is 0.132 e. The summed E-state index contributed by atoms with van der Waals surface area (Å²) in [5, 5.41) is 2.27. The quantitative estimate of drug-likeness (QED) is 0.652. The molecule has 1 heterocycles. The van der Waals surface area contributed by atoms with Gasteiger partial charge >= 0.3 is 0 Å². The first-order valence-electron chi connectivity index (χ1n) is 5.01. The van der Waals surface area contributed by atoms with Crippen LogP contribution >= 0.6 is 11.6 Å². The molecule has 1 nitrogen and oxygen atoms in total. The third-order valence-corrected chi connectivity index (χ3v) is 4.71. The van der Waals surface area contributed by atoms with E-state index in [2.05, 4.69) is 12.1 Å². The maximum Gasteiger partial charge on any atom is 0.132 e. The molecule has 0 spiro atoms. The average molecular weight is 249 g/mol. The number of benzene rings is 2.